The first-order valence-corrected chi connectivity index (χ1v) is 6.76. The maximum atomic E-state index is 11.7. The van der Waals surface area contributed by atoms with Crippen molar-refractivity contribution in [1.29, 1.82) is 0 Å². The van der Waals surface area contributed by atoms with Crippen LogP contribution in [0.4, 0.5) is 0 Å². The maximum absolute atomic E-state index is 11.7. The van der Waals surface area contributed by atoms with Crippen LogP contribution < -0.4 is 10.1 Å². The van der Waals surface area contributed by atoms with Gasteiger partial charge in [-0.2, -0.15) is 0 Å². The van der Waals surface area contributed by atoms with Crippen molar-refractivity contribution < 1.29 is 9.53 Å². The summed E-state index contributed by atoms with van der Waals surface area (Å²) >= 11 is 0. The molecule has 0 saturated carbocycles. The molecule has 0 aliphatic heterocycles. The summed E-state index contributed by atoms with van der Waals surface area (Å²) in [5, 5.41) is 2.91. The molecule has 2 rings (SSSR count). The zero-order chi connectivity index (χ0) is 14.4. The third kappa shape index (κ3) is 3.63. The van der Waals surface area contributed by atoms with E-state index in [1.165, 1.54) is 5.56 Å². The van der Waals surface area contributed by atoms with Gasteiger partial charge in [-0.15, -0.1) is 0 Å². The standard InChI is InChI=1S/C16H20N2O2/c1-12(13-5-7-14(20-2)8-6-13)9-11-18-16(19)15-4-3-10-17-15/h3-8,10,12,17H,9,11H2,1-2H3,(H,18,19)/t12-/m0/s1. The highest BCUT2D eigenvalue weighted by Crippen LogP contribution is 2.21. The van der Waals surface area contributed by atoms with E-state index in [0.29, 0.717) is 18.2 Å². The van der Waals surface area contributed by atoms with Crippen molar-refractivity contribution in [3.63, 3.8) is 0 Å². The highest BCUT2D eigenvalue weighted by atomic mass is 16.5. The van der Waals surface area contributed by atoms with E-state index in [0.717, 1.165) is 12.2 Å². The summed E-state index contributed by atoms with van der Waals surface area (Å²) < 4.78 is 5.14. The van der Waals surface area contributed by atoms with Crippen molar-refractivity contribution in [2.75, 3.05) is 13.7 Å². The van der Waals surface area contributed by atoms with E-state index in [1.807, 2.05) is 18.2 Å². The molecular formula is C16H20N2O2. The minimum Gasteiger partial charge on any atom is -0.497 e. The molecule has 1 atom stereocenters. The summed E-state index contributed by atoms with van der Waals surface area (Å²) in [5.74, 6) is 1.20. The van der Waals surface area contributed by atoms with Gasteiger partial charge in [0.1, 0.15) is 11.4 Å². The fraction of sp³-hybridized carbons (Fsp3) is 0.312. The van der Waals surface area contributed by atoms with Crippen LogP contribution in [-0.4, -0.2) is 24.5 Å². The Hall–Kier alpha value is -2.23. The van der Waals surface area contributed by atoms with Crippen molar-refractivity contribution in [2.24, 2.45) is 0 Å². The van der Waals surface area contributed by atoms with Crippen LogP contribution in [0.5, 0.6) is 5.75 Å². The minimum absolute atomic E-state index is 0.0584. The summed E-state index contributed by atoms with van der Waals surface area (Å²) in [6, 6.07) is 11.6. The number of hydrogen-bond acceptors (Lipinski definition) is 2. The summed E-state index contributed by atoms with van der Waals surface area (Å²) in [4.78, 5) is 14.6. The Bertz CT molecular complexity index is 532. The van der Waals surface area contributed by atoms with Crippen LogP contribution in [0.25, 0.3) is 0 Å². The minimum atomic E-state index is -0.0584. The van der Waals surface area contributed by atoms with Gasteiger partial charge in [0.15, 0.2) is 0 Å². The molecule has 0 unspecified atom stereocenters. The monoisotopic (exact) mass is 272 g/mol. The Morgan fingerprint density at radius 3 is 2.65 bits per heavy atom. The average Bonchev–Trinajstić information content (AvgIpc) is 3.01. The Kier molecular flexibility index (Phi) is 4.82. The number of amides is 1. The molecule has 0 saturated heterocycles. The lowest BCUT2D eigenvalue weighted by atomic mass is 9.98. The first kappa shape index (κ1) is 14.2. The Balaban J connectivity index is 1.79. The zero-order valence-electron chi connectivity index (χ0n) is 11.8. The SMILES string of the molecule is COc1ccc([C@@H](C)CCNC(=O)c2ccc[nH]2)cc1. The molecule has 1 heterocycles. The molecule has 0 bridgehead atoms. The molecule has 4 nitrogen and oxygen atoms in total. The number of aromatic amines is 1. The summed E-state index contributed by atoms with van der Waals surface area (Å²) in [6.45, 7) is 2.81. The highest BCUT2D eigenvalue weighted by molar-refractivity contribution is 5.92. The third-order valence-corrected chi connectivity index (χ3v) is 3.39. The topological polar surface area (TPSA) is 54.1 Å². The molecule has 0 fully saturated rings. The van der Waals surface area contributed by atoms with E-state index in [9.17, 15) is 4.79 Å². The molecule has 0 radical (unpaired) electrons. The number of benzene rings is 1. The molecule has 106 valence electrons. The van der Waals surface area contributed by atoms with Crippen LogP contribution >= 0.6 is 0 Å². The normalized spacial score (nSPS) is 11.9. The van der Waals surface area contributed by atoms with Gasteiger partial charge < -0.3 is 15.0 Å². The van der Waals surface area contributed by atoms with E-state index in [1.54, 1.807) is 19.4 Å². The number of methoxy groups -OCH3 is 1. The van der Waals surface area contributed by atoms with Gasteiger partial charge in [-0.1, -0.05) is 19.1 Å². The zero-order valence-corrected chi connectivity index (χ0v) is 11.8. The van der Waals surface area contributed by atoms with Gasteiger partial charge in [-0.25, -0.2) is 0 Å². The first-order chi connectivity index (χ1) is 9.70. The van der Waals surface area contributed by atoms with Crippen LogP contribution in [0.2, 0.25) is 0 Å². The molecule has 0 aliphatic carbocycles. The van der Waals surface area contributed by atoms with Gasteiger partial charge in [0.2, 0.25) is 0 Å². The Morgan fingerprint density at radius 2 is 2.05 bits per heavy atom. The maximum Gasteiger partial charge on any atom is 0.267 e. The predicted molar refractivity (Wildman–Crippen MR) is 79.2 cm³/mol. The molecule has 1 aromatic carbocycles. The van der Waals surface area contributed by atoms with Crippen LogP contribution in [-0.2, 0) is 0 Å². The van der Waals surface area contributed by atoms with Gasteiger partial charge >= 0.3 is 0 Å². The van der Waals surface area contributed by atoms with Crippen molar-refractivity contribution in [3.05, 3.63) is 53.9 Å². The van der Waals surface area contributed by atoms with E-state index in [-0.39, 0.29) is 5.91 Å². The average molecular weight is 272 g/mol. The van der Waals surface area contributed by atoms with Crippen LogP contribution in [0, 0.1) is 0 Å². The lowest BCUT2D eigenvalue weighted by Crippen LogP contribution is -2.25. The number of carbonyl (C=O) groups is 1. The molecule has 2 N–H and O–H groups in total. The van der Waals surface area contributed by atoms with Gasteiger partial charge in [-0.3, -0.25) is 4.79 Å². The van der Waals surface area contributed by atoms with Gasteiger partial charge in [0.25, 0.3) is 5.91 Å². The fourth-order valence-corrected chi connectivity index (χ4v) is 2.07. The largest absolute Gasteiger partial charge is 0.497 e. The number of nitrogens with one attached hydrogen (secondary N) is 2. The predicted octanol–water partition coefficient (Wildman–Crippen LogP) is 2.95. The fourth-order valence-electron chi connectivity index (χ4n) is 2.07. The summed E-state index contributed by atoms with van der Waals surface area (Å²) in [6.07, 6.45) is 2.65. The van der Waals surface area contributed by atoms with Gasteiger partial charge in [0.05, 0.1) is 7.11 Å². The number of H-pyrrole nitrogens is 1. The number of ether oxygens (including phenoxy) is 1. The lowest BCUT2D eigenvalue weighted by molar-refractivity contribution is 0.0948. The summed E-state index contributed by atoms with van der Waals surface area (Å²) in [5.41, 5.74) is 1.85. The van der Waals surface area contributed by atoms with E-state index >= 15 is 0 Å². The number of carbonyl (C=O) groups excluding carboxylic acids is 1. The van der Waals surface area contributed by atoms with Gasteiger partial charge in [-0.05, 0) is 42.2 Å². The van der Waals surface area contributed by atoms with E-state index < -0.39 is 0 Å². The second kappa shape index (κ2) is 6.80. The van der Waals surface area contributed by atoms with Crippen LogP contribution in [0.3, 0.4) is 0 Å². The molecule has 2 aromatic rings. The van der Waals surface area contributed by atoms with Crippen molar-refractivity contribution in [2.45, 2.75) is 19.3 Å². The molecular weight excluding hydrogens is 252 g/mol. The van der Waals surface area contributed by atoms with Crippen molar-refractivity contribution in [3.8, 4) is 5.75 Å². The van der Waals surface area contributed by atoms with E-state index in [2.05, 4.69) is 29.4 Å². The molecule has 20 heavy (non-hydrogen) atoms. The number of rotatable bonds is 6. The molecule has 1 aromatic heterocycles. The van der Waals surface area contributed by atoms with Crippen LogP contribution in [0.15, 0.2) is 42.6 Å². The van der Waals surface area contributed by atoms with E-state index in [4.69, 9.17) is 4.74 Å². The van der Waals surface area contributed by atoms with Crippen LogP contribution in [0.1, 0.15) is 35.3 Å². The molecule has 1 amide bonds. The second-order valence-electron chi connectivity index (χ2n) is 4.80. The Labute approximate surface area is 119 Å². The highest BCUT2D eigenvalue weighted by Gasteiger charge is 2.08. The number of aromatic nitrogens is 1. The third-order valence-electron chi connectivity index (χ3n) is 3.39. The van der Waals surface area contributed by atoms with Crippen molar-refractivity contribution >= 4 is 5.91 Å². The quantitative estimate of drug-likeness (QED) is 0.849. The smallest absolute Gasteiger partial charge is 0.267 e. The molecule has 0 spiro atoms. The lowest BCUT2D eigenvalue weighted by Gasteiger charge is -2.13. The van der Waals surface area contributed by atoms with Gasteiger partial charge in [0, 0.05) is 12.7 Å². The molecule has 4 heteroatoms. The van der Waals surface area contributed by atoms with Crippen molar-refractivity contribution in [1.82, 2.24) is 10.3 Å². The Morgan fingerprint density at radius 1 is 1.30 bits per heavy atom. The summed E-state index contributed by atoms with van der Waals surface area (Å²) in [7, 11) is 1.66. The molecule has 0 aliphatic rings. The number of hydrogen-bond donors (Lipinski definition) is 2. The first-order valence-electron chi connectivity index (χ1n) is 6.76. The second-order valence-corrected chi connectivity index (χ2v) is 4.80.